The molecule has 1 amide bonds. The minimum atomic E-state index is -0.274. The number of rotatable bonds is 8. The highest BCUT2D eigenvalue weighted by Crippen LogP contribution is 2.30. The van der Waals surface area contributed by atoms with Crippen molar-refractivity contribution in [2.24, 2.45) is 0 Å². The van der Waals surface area contributed by atoms with E-state index in [0.717, 1.165) is 30.2 Å². The van der Waals surface area contributed by atoms with Crippen LogP contribution in [0.2, 0.25) is 0 Å². The molecule has 1 saturated heterocycles. The van der Waals surface area contributed by atoms with Crippen LogP contribution >= 0.6 is 11.5 Å². The Kier molecular flexibility index (Phi) is 8.11. The number of amides is 1. The van der Waals surface area contributed by atoms with Crippen molar-refractivity contribution in [3.05, 3.63) is 143 Å². The number of ether oxygens (including phenoxy) is 1. The third-order valence-corrected chi connectivity index (χ3v) is 7.84. The average molecular weight is 565 g/mol. The second-order valence-corrected chi connectivity index (χ2v) is 10.7. The van der Waals surface area contributed by atoms with Gasteiger partial charge in [0, 0.05) is 49.7 Å². The summed E-state index contributed by atoms with van der Waals surface area (Å²) in [4.78, 5) is 22.3. The molecular formula is C33H29FN4O2S. The van der Waals surface area contributed by atoms with Crippen LogP contribution in [-0.2, 0) is 6.42 Å². The van der Waals surface area contributed by atoms with Crippen LogP contribution in [0.4, 0.5) is 4.39 Å². The molecule has 0 spiro atoms. The Labute approximate surface area is 242 Å². The molecule has 5 aromatic rings. The number of benzene rings is 4. The van der Waals surface area contributed by atoms with E-state index in [-0.39, 0.29) is 17.8 Å². The number of hydrogen-bond acceptors (Lipinski definition) is 6. The Morgan fingerprint density at radius 1 is 0.829 bits per heavy atom. The minimum Gasteiger partial charge on any atom is -0.430 e. The summed E-state index contributed by atoms with van der Waals surface area (Å²) in [6.45, 7) is 2.84. The first-order chi connectivity index (χ1) is 20.1. The zero-order valence-corrected chi connectivity index (χ0v) is 23.2. The molecule has 0 N–H and O–H groups in total. The summed E-state index contributed by atoms with van der Waals surface area (Å²) in [5.41, 5.74) is 4.00. The monoisotopic (exact) mass is 564 g/mol. The minimum absolute atomic E-state index is 0.0136. The van der Waals surface area contributed by atoms with Gasteiger partial charge in [0.1, 0.15) is 11.6 Å². The summed E-state index contributed by atoms with van der Waals surface area (Å²) in [5, 5.41) is 0.396. The SMILES string of the molecule is O=C(c1cccc(Oc2nc(Cc3ccc(F)cc3)ns2)c1)N1CCN(C(c2ccccc2)c2ccccc2)CC1. The standard InChI is InChI=1S/C33H29FN4O2S/c34-28-16-14-24(15-17-28)22-30-35-33(41-36-30)40-29-13-7-12-27(23-29)32(39)38-20-18-37(19-21-38)31(25-8-3-1-4-9-25)26-10-5-2-6-11-26/h1-17,23,31H,18-22H2. The van der Waals surface area contributed by atoms with Gasteiger partial charge in [-0.05, 0) is 47.0 Å². The zero-order valence-electron chi connectivity index (χ0n) is 22.4. The van der Waals surface area contributed by atoms with Crippen molar-refractivity contribution in [1.82, 2.24) is 19.2 Å². The second kappa shape index (κ2) is 12.4. The van der Waals surface area contributed by atoms with Gasteiger partial charge in [0.2, 0.25) is 0 Å². The molecule has 6 nitrogen and oxygen atoms in total. The number of carbonyl (C=O) groups is 1. The summed E-state index contributed by atoms with van der Waals surface area (Å²) in [6, 6.07) is 34.7. The van der Waals surface area contributed by atoms with Gasteiger partial charge in [0.15, 0.2) is 5.82 Å². The van der Waals surface area contributed by atoms with Crippen molar-refractivity contribution < 1.29 is 13.9 Å². The fourth-order valence-electron chi connectivity index (χ4n) is 5.18. The number of nitrogens with zero attached hydrogens (tertiary/aromatic N) is 4. The fourth-order valence-corrected chi connectivity index (χ4v) is 5.75. The molecule has 0 radical (unpaired) electrons. The first-order valence-electron chi connectivity index (χ1n) is 13.6. The number of hydrogen-bond donors (Lipinski definition) is 0. The third kappa shape index (κ3) is 6.51. The molecule has 0 atom stereocenters. The quantitative estimate of drug-likeness (QED) is 0.212. The normalized spacial score (nSPS) is 13.9. The maximum atomic E-state index is 13.5. The molecule has 4 aromatic carbocycles. The Bertz CT molecular complexity index is 1550. The van der Waals surface area contributed by atoms with Gasteiger partial charge in [0.25, 0.3) is 11.1 Å². The van der Waals surface area contributed by atoms with Gasteiger partial charge in [-0.1, -0.05) is 78.9 Å². The predicted octanol–water partition coefficient (Wildman–Crippen LogP) is 6.61. The average Bonchev–Trinajstić information content (AvgIpc) is 3.46. The summed E-state index contributed by atoms with van der Waals surface area (Å²) >= 11 is 1.15. The molecule has 1 aliphatic heterocycles. The van der Waals surface area contributed by atoms with Crippen molar-refractivity contribution in [1.29, 1.82) is 0 Å². The molecule has 8 heteroatoms. The van der Waals surface area contributed by atoms with E-state index in [4.69, 9.17) is 4.74 Å². The van der Waals surface area contributed by atoms with Gasteiger partial charge in [0.05, 0.1) is 6.04 Å². The molecule has 6 rings (SSSR count). The summed E-state index contributed by atoms with van der Waals surface area (Å²) in [6.07, 6.45) is 0.486. The maximum absolute atomic E-state index is 13.5. The van der Waals surface area contributed by atoms with E-state index in [1.54, 1.807) is 24.3 Å². The van der Waals surface area contributed by atoms with Gasteiger partial charge in [-0.15, -0.1) is 0 Å². The van der Waals surface area contributed by atoms with Crippen LogP contribution < -0.4 is 4.74 Å². The Balaban J connectivity index is 1.09. The highest BCUT2D eigenvalue weighted by Gasteiger charge is 2.28. The molecule has 0 unspecified atom stereocenters. The first-order valence-corrected chi connectivity index (χ1v) is 14.4. The van der Waals surface area contributed by atoms with E-state index >= 15 is 0 Å². The van der Waals surface area contributed by atoms with Gasteiger partial charge in [-0.25, -0.2) is 4.39 Å². The number of carbonyl (C=O) groups excluding carboxylic acids is 1. The van der Waals surface area contributed by atoms with E-state index in [9.17, 15) is 9.18 Å². The van der Waals surface area contributed by atoms with E-state index in [1.165, 1.54) is 23.3 Å². The lowest BCUT2D eigenvalue weighted by molar-refractivity contribution is 0.0597. The predicted molar refractivity (Wildman–Crippen MR) is 158 cm³/mol. The summed E-state index contributed by atoms with van der Waals surface area (Å²) < 4.78 is 23.5. The van der Waals surface area contributed by atoms with E-state index in [1.807, 2.05) is 29.2 Å². The lowest BCUT2D eigenvalue weighted by Gasteiger charge is -2.39. The van der Waals surface area contributed by atoms with Crippen LogP contribution in [0.25, 0.3) is 0 Å². The van der Waals surface area contributed by atoms with Gasteiger partial charge in [-0.2, -0.15) is 9.36 Å². The van der Waals surface area contributed by atoms with E-state index in [0.29, 0.717) is 41.8 Å². The highest BCUT2D eigenvalue weighted by molar-refractivity contribution is 7.07. The van der Waals surface area contributed by atoms with Gasteiger partial charge >= 0.3 is 0 Å². The van der Waals surface area contributed by atoms with Crippen molar-refractivity contribution in [3.63, 3.8) is 0 Å². The van der Waals surface area contributed by atoms with E-state index in [2.05, 4.69) is 62.8 Å². The smallest absolute Gasteiger partial charge is 0.298 e. The van der Waals surface area contributed by atoms with Crippen molar-refractivity contribution in [3.8, 4) is 10.9 Å². The third-order valence-electron chi connectivity index (χ3n) is 7.21. The fraction of sp³-hybridized carbons (Fsp3) is 0.182. The van der Waals surface area contributed by atoms with Crippen molar-refractivity contribution in [2.75, 3.05) is 26.2 Å². The summed E-state index contributed by atoms with van der Waals surface area (Å²) in [5.74, 6) is 0.849. The highest BCUT2D eigenvalue weighted by atomic mass is 32.1. The molecule has 41 heavy (non-hydrogen) atoms. The maximum Gasteiger partial charge on any atom is 0.298 e. The molecular weight excluding hydrogens is 535 g/mol. The zero-order chi connectivity index (χ0) is 28.0. The molecule has 0 aliphatic carbocycles. The van der Waals surface area contributed by atoms with Crippen LogP contribution in [-0.4, -0.2) is 51.2 Å². The van der Waals surface area contributed by atoms with Crippen molar-refractivity contribution in [2.45, 2.75) is 12.5 Å². The van der Waals surface area contributed by atoms with Gasteiger partial charge < -0.3 is 9.64 Å². The summed E-state index contributed by atoms with van der Waals surface area (Å²) in [7, 11) is 0. The van der Waals surface area contributed by atoms with Crippen LogP contribution in [0.3, 0.4) is 0 Å². The van der Waals surface area contributed by atoms with Crippen LogP contribution in [0.15, 0.2) is 109 Å². The molecule has 1 aromatic heterocycles. The topological polar surface area (TPSA) is 58.6 Å². The number of halogens is 1. The van der Waals surface area contributed by atoms with Crippen LogP contribution in [0, 0.1) is 5.82 Å². The molecule has 1 aliphatic rings. The second-order valence-electron chi connectivity index (χ2n) is 9.96. The Hall–Kier alpha value is -4.40. The number of piperazine rings is 1. The molecule has 0 saturated carbocycles. The van der Waals surface area contributed by atoms with Crippen LogP contribution in [0.5, 0.6) is 10.9 Å². The van der Waals surface area contributed by atoms with E-state index < -0.39 is 0 Å². The largest absolute Gasteiger partial charge is 0.430 e. The molecule has 0 bridgehead atoms. The van der Waals surface area contributed by atoms with Crippen LogP contribution in [0.1, 0.15) is 38.9 Å². The Morgan fingerprint density at radius 3 is 2.15 bits per heavy atom. The molecule has 1 fully saturated rings. The van der Waals surface area contributed by atoms with Gasteiger partial charge in [-0.3, -0.25) is 9.69 Å². The molecule has 2 heterocycles. The first kappa shape index (κ1) is 26.8. The molecule has 206 valence electrons. The lowest BCUT2D eigenvalue weighted by Crippen LogP contribution is -2.49. The number of aromatic nitrogens is 2. The Morgan fingerprint density at radius 2 is 1.49 bits per heavy atom. The lowest BCUT2D eigenvalue weighted by atomic mass is 9.96. The van der Waals surface area contributed by atoms with Crippen molar-refractivity contribution >= 4 is 17.4 Å².